The Morgan fingerprint density at radius 3 is 2.67 bits per heavy atom. The van der Waals surface area contributed by atoms with Gasteiger partial charge in [0, 0.05) is 5.69 Å². The van der Waals surface area contributed by atoms with Gasteiger partial charge in [0.1, 0.15) is 5.10 Å². The molecule has 1 aromatic rings. The predicted molar refractivity (Wildman–Crippen MR) is 48.3 cm³/mol. The number of benzene rings is 1. The first-order valence-electron chi connectivity index (χ1n) is 3.35. The van der Waals surface area contributed by atoms with Crippen molar-refractivity contribution in [3.05, 3.63) is 41.9 Å². The number of guanidine groups is 1. The molecular formula is C8H8N4. The van der Waals surface area contributed by atoms with E-state index in [1.54, 1.807) is 0 Å². The van der Waals surface area contributed by atoms with Gasteiger partial charge in [0.05, 0.1) is 0 Å². The fourth-order valence-corrected chi connectivity index (χ4v) is 0.748. The minimum atomic E-state index is 0.108. The Bertz CT molecular complexity index is 310. The molecule has 0 saturated heterocycles. The summed E-state index contributed by atoms with van der Waals surface area (Å²) in [6, 6.07) is 9.31. The van der Waals surface area contributed by atoms with Gasteiger partial charge < -0.3 is 11.1 Å². The van der Waals surface area contributed by atoms with Gasteiger partial charge in [-0.15, -0.1) is 4.95 Å². The minimum absolute atomic E-state index is 0.108. The average Bonchev–Trinajstić information content (AvgIpc) is 2.06. The molecule has 0 aliphatic carbocycles. The van der Waals surface area contributed by atoms with Crippen molar-refractivity contribution in [1.29, 1.82) is 0 Å². The zero-order valence-corrected chi connectivity index (χ0v) is 6.36. The van der Waals surface area contributed by atoms with E-state index in [2.05, 4.69) is 15.4 Å². The van der Waals surface area contributed by atoms with Gasteiger partial charge in [-0.25, -0.2) is 0 Å². The molecule has 0 aliphatic heterocycles. The third kappa shape index (κ3) is 2.31. The number of hydrogen-bond acceptors (Lipinski definition) is 1. The number of nitrogens with two attached hydrogens (primary N) is 1. The number of nitrogens with one attached hydrogen (secondary N) is 1. The lowest BCUT2D eigenvalue weighted by Crippen LogP contribution is -2.21. The molecule has 0 aromatic heterocycles. The van der Waals surface area contributed by atoms with Gasteiger partial charge >= 0.3 is 0 Å². The lowest BCUT2D eigenvalue weighted by Gasteiger charge is -1.99. The fraction of sp³-hybridized carbons (Fsp3) is 0. The van der Waals surface area contributed by atoms with Crippen molar-refractivity contribution in [2.45, 2.75) is 0 Å². The Hall–Kier alpha value is -2.02. The van der Waals surface area contributed by atoms with E-state index in [-0.39, 0.29) is 5.96 Å². The molecule has 0 saturated carbocycles. The van der Waals surface area contributed by atoms with Crippen molar-refractivity contribution in [3.8, 4) is 0 Å². The summed E-state index contributed by atoms with van der Waals surface area (Å²) < 4.78 is 0. The lowest BCUT2D eigenvalue weighted by atomic mass is 10.3. The second-order valence-electron chi connectivity index (χ2n) is 2.08. The standard InChI is InChI=1S/C8H8N4/c1-10-12-8(9)11-7-5-3-2-4-6-7/h2-6H,(H3,9,11,12). The van der Waals surface area contributed by atoms with Crippen molar-refractivity contribution in [1.82, 2.24) is 0 Å². The minimum Gasteiger partial charge on any atom is -0.364 e. The normalized spacial score (nSPS) is 10.4. The van der Waals surface area contributed by atoms with Crippen LogP contribution in [0.4, 0.5) is 5.69 Å². The highest BCUT2D eigenvalue weighted by atomic mass is 15.3. The molecule has 1 rings (SSSR count). The first kappa shape index (κ1) is 8.08. The van der Waals surface area contributed by atoms with E-state index in [4.69, 9.17) is 12.3 Å². The number of para-hydroxylation sites is 1. The van der Waals surface area contributed by atoms with Crippen LogP contribution < -0.4 is 11.1 Å². The maximum Gasteiger partial charge on any atom is 0.279 e. The van der Waals surface area contributed by atoms with Crippen LogP contribution in [-0.4, -0.2) is 5.96 Å². The summed E-state index contributed by atoms with van der Waals surface area (Å²) in [6.07, 6.45) is 0. The number of nitrogens with zero attached hydrogens (tertiary/aromatic N) is 2. The quantitative estimate of drug-likeness (QED) is 0.281. The van der Waals surface area contributed by atoms with E-state index in [1.165, 1.54) is 0 Å². The molecule has 1 aromatic carbocycles. The molecule has 4 heteroatoms. The summed E-state index contributed by atoms with van der Waals surface area (Å²) >= 11 is 0. The zero-order chi connectivity index (χ0) is 8.81. The molecule has 0 heterocycles. The predicted octanol–water partition coefficient (Wildman–Crippen LogP) is 1.25. The van der Waals surface area contributed by atoms with Crippen LogP contribution in [0.3, 0.4) is 0 Å². The molecule has 0 atom stereocenters. The van der Waals surface area contributed by atoms with Crippen LogP contribution in [0.5, 0.6) is 0 Å². The topological polar surface area (TPSA) is 54.8 Å². The van der Waals surface area contributed by atoms with E-state index in [0.717, 1.165) is 5.69 Å². The maximum atomic E-state index is 6.42. The molecule has 0 bridgehead atoms. The first-order chi connectivity index (χ1) is 5.83. The highest BCUT2D eigenvalue weighted by Crippen LogP contribution is 2.03. The van der Waals surface area contributed by atoms with E-state index in [1.807, 2.05) is 30.3 Å². The number of hydrogen-bond donors (Lipinski definition) is 2. The second-order valence-corrected chi connectivity index (χ2v) is 2.08. The van der Waals surface area contributed by atoms with Crippen LogP contribution in [0.15, 0.2) is 35.4 Å². The summed E-state index contributed by atoms with van der Waals surface area (Å²) in [7, 11) is 0. The second kappa shape index (κ2) is 3.98. The highest BCUT2D eigenvalue weighted by molar-refractivity contribution is 5.92. The average molecular weight is 160 g/mol. The van der Waals surface area contributed by atoms with Gasteiger partial charge in [0.2, 0.25) is 0 Å². The van der Waals surface area contributed by atoms with Crippen molar-refractivity contribution < 1.29 is 0 Å². The Morgan fingerprint density at radius 1 is 1.42 bits per heavy atom. The van der Waals surface area contributed by atoms with E-state index >= 15 is 0 Å². The maximum absolute atomic E-state index is 6.42. The number of anilines is 1. The van der Waals surface area contributed by atoms with Crippen molar-refractivity contribution in [2.24, 2.45) is 10.8 Å². The van der Waals surface area contributed by atoms with E-state index in [0.29, 0.717) is 0 Å². The largest absolute Gasteiger partial charge is 0.364 e. The monoisotopic (exact) mass is 160 g/mol. The molecule has 0 spiro atoms. The van der Waals surface area contributed by atoms with E-state index < -0.39 is 0 Å². The summed E-state index contributed by atoms with van der Waals surface area (Å²) in [6.45, 7) is 6.42. The molecule has 0 amide bonds. The van der Waals surface area contributed by atoms with Crippen LogP contribution in [0.2, 0.25) is 0 Å². The Labute approximate surface area is 70.5 Å². The Morgan fingerprint density at radius 2 is 2.08 bits per heavy atom. The molecule has 0 radical (unpaired) electrons. The molecule has 0 unspecified atom stereocenters. The van der Waals surface area contributed by atoms with Gasteiger partial charge in [-0.05, 0) is 12.1 Å². The zero-order valence-electron chi connectivity index (χ0n) is 6.36. The van der Waals surface area contributed by atoms with Crippen LogP contribution in [0.1, 0.15) is 0 Å². The number of rotatable bonds is 1. The van der Waals surface area contributed by atoms with Crippen molar-refractivity contribution >= 4 is 11.6 Å². The van der Waals surface area contributed by atoms with Gasteiger partial charge in [0.15, 0.2) is 0 Å². The molecule has 0 fully saturated rings. The van der Waals surface area contributed by atoms with Crippen LogP contribution in [0, 0.1) is 6.57 Å². The molecule has 60 valence electrons. The van der Waals surface area contributed by atoms with E-state index in [9.17, 15) is 0 Å². The summed E-state index contributed by atoms with van der Waals surface area (Å²) in [5, 5.41) is 6.05. The molecule has 4 nitrogen and oxygen atoms in total. The van der Waals surface area contributed by atoms with Crippen LogP contribution in [-0.2, 0) is 0 Å². The van der Waals surface area contributed by atoms with Gasteiger partial charge in [-0.2, -0.15) is 6.57 Å². The van der Waals surface area contributed by atoms with Crippen molar-refractivity contribution in [2.75, 3.05) is 5.32 Å². The summed E-state index contributed by atoms with van der Waals surface area (Å²) in [4.78, 5) is 2.78. The molecular weight excluding hydrogens is 152 g/mol. The summed E-state index contributed by atoms with van der Waals surface area (Å²) in [5.74, 6) is 0.108. The first-order valence-corrected chi connectivity index (χ1v) is 3.35. The van der Waals surface area contributed by atoms with Crippen LogP contribution in [0.25, 0.3) is 4.95 Å². The summed E-state index contributed by atoms with van der Waals surface area (Å²) in [5.41, 5.74) is 6.16. The molecule has 3 N–H and O–H groups in total. The third-order valence-electron chi connectivity index (χ3n) is 1.20. The fourth-order valence-electron chi connectivity index (χ4n) is 0.748. The highest BCUT2D eigenvalue weighted by Gasteiger charge is 1.93. The van der Waals surface area contributed by atoms with Gasteiger partial charge in [-0.1, -0.05) is 18.2 Å². The molecule has 12 heavy (non-hydrogen) atoms. The lowest BCUT2D eigenvalue weighted by molar-refractivity contribution is 1.45. The third-order valence-corrected chi connectivity index (χ3v) is 1.20. The Kier molecular flexibility index (Phi) is 2.68. The van der Waals surface area contributed by atoms with Crippen LogP contribution >= 0.6 is 0 Å². The smallest absolute Gasteiger partial charge is 0.279 e. The van der Waals surface area contributed by atoms with Gasteiger partial charge in [0.25, 0.3) is 5.96 Å². The molecule has 0 aliphatic rings. The van der Waals surface area contributed by atoms with Gasteiger partial charge in [-0.3, -0.25) is 0 Å². The Balaban J connectivity index is 2.66. The van der Waals surface area contributed by atoms with Crippen molar-refractivity contribution in [3.63, 3.8) is 0 Å². The SMILES string of the molecule is [C-]#[N+]N=C(N)Nc1ccccc1.